The summed E-state index contributed by atoms with van der Waals surface area (Å²) >= 11 is 0. The van der Waals surface area contributed by atoms with Gasteiger partial charge in [0.1, 0.15) is 6.04 Å². The third-order valence-corrected chi connectivity index (χ3v) is 4.63. The standard InChI is InChI=1S/C16H23N3O/c1-12-11-19(10-9-18(12)2)16(20)15-14-6-4-3-5-13(14)7-8-17-15/h3-6,12,15,17H,7-11H2,1-2H3. The average Bonchev–Trinajstić information content (AvgIpc) is 2.49. The molecule has 0 aliphatic carbocycles. The molecule has 1 fully saturated rings. The van der Waals surface area contributed by atoms with Crippen LogP contribution in [0, 0.1) is 0 Å². The molecule has 1 aromatic rings. The Bertz CT molecular complexity index is 502. The summed E-state index contributed by atoms with van der Waals surface area (Å²) in [5.74, 6) is 0.233. The first-order valence-corrected chi connectivity index (χ1v) is 7.47. The van der Waals surface area contributed by atoms with Gasteiger partial charge in [-0.25, -0.2) is 0 Å². The highest BCUT2D eigenvalue weighted by Crippen LogP contribution is 2.25. The van der Waals surface area contributed by atoms with Crippen molar-refractivity contribution >= 4 is 5.91 Å². The number of nitrogens with zero attached hydrogens (tertiary/aromatic N) is 2. The Morgan fingerprint density at radius 2 is 2.10 bits per heavy atom. The maximum atomic E-state index is 12.8. The van der Waals surface area contributed by atoms with E-state index in [2.05, 4.69) is 42.4 Å². The zero-order valence-corrected chi connectivity index (χ0v) is 12.3. The van der Waals surface area contributed by atoms with Crippen LogP contribution in [-0.4, -0.2) is 55.0 Å². The number of carbonyl (C=O) groups excluding carboxylic acids is 1. The summed E-state index contributed by atoms with van der Waals surface area (Å²) in [6, 6.07) is 8.59. The number of piperazine rings is 1. The summed E-state index contributed by atoms with van der Waals surface area (Å²) < 4.78 is 0. The Morgan fingerprint density at radius 1 is 1.30 bits per heavy atom. The van der Waals surface area contributed by atoms with Gasteiger partial charge in [-0.1, -0.05) is 24.3 Å². The van der Waals surface area contributed by atoms with Crippen molar-refractivity contribution in [3.8, 4) is 0 Å². The Morgan fingerprint density at radius 3 is 2.90 bits per heavy atom. The van der Waals surface area contributed by atoms with E-state index in [-0.39, 0.29) is 11.9 Å². The summed E-state index contributed by atoms with van der Waals surface area (Å²) in [6.45, 7) is 5.69. The lowest BCUT2D eigenvalue weighted by Crippen LogP contribution is -2.54. The first-order chi connectivity index (χ1) is 9.66. The van der Waals surface area contributed by atoms with Crippen molar-refractivity contribution in [3.05, 3.63) is 35.4 Å². The third-order valence-electron chi connectivity index (χ3n) is 4.63. The van der Waals surface area contributed by atoms with Gasteiger partial charge in [0.05, 0.1) is 0 Å². The van der Waals surface area contributed by atoms with Gasteiger partial charge in [0.25, 0.3) is 0 Å². The van der Waals surface area contributed by atoms with E-state index in [0.717, 1.165) is 38.2 Å². The lowest BCUT2D eigenvalue weighted by atomic mass is 9.93. The van der Waals surface area contributed by atoms with Crippen molar-refractivity contribution in [1.82, 2.24) is 15.1 Å². The van der Waals surface area contributed by atoms with Crippen LogP contribution in [0.2, 0.25) is 0 Å². The smallest absolute Gasteiger partial charge is 0.244 e. The molecule has 2 unspecified atom stereocenters. The van der Waals surface area contributed by atoms with Crippen molar-refractivity contribution < 1.29 is 4.79 Å². The molecule has 2 aliphatic rings. The highest BCUT2D eigenvalue weighted by Gasteiger charge is 2.32. The molecular formula is C16H23N3O. The average molecular weight is 273 g/mol. The fourth-order valence-electron chi connectivity index (χ4n) is 3.16. The molecule has 2 aliphatic heterocycles. The molecule has 3 rings (SSSR count). The minimum Gasteiger partial charge on any atom is -0.338 e. The van der Waals surface area contributed by atoms with Gasteiger partial charge in [-0.15, -0.1) is 0 Å². The highest BCUT2D eigenvalue weighted by molar-refractivity contribution is 5.84. The largest absolute Gasteiger partial charge is 0.338 e. The number of nitrogens with one attached hydrogen (secondary N) is 1. The lowest BCUT2D eigenvalue weighted by Gasteiger charge is -2.40. The fraction of sp³-hybridized carbons (Fsp3) is 0.562. The quantitative estimate of drug-likeness (QED) is 0.830. The third kappa shape index (κ3) is 2.45. The van der Waals surface area contributed by atoms with Crippen molar-refractivity contribution in [3.63, 3.8) is 0 Å². The summed E-state index contributed by atoms with van der Waals surface area (Å²) in [4.78, 5) is 17.1. The van der Waals surface area contributed by atoms with Crippen molar-refractivity contribution in [2.75, 3.05) is 33.2 Å². The van der Waals surface area contributed by atoms with Gasteiger partial charge in [-0.3, -0.25) is 4.79 Å². The summed E-state index contributed by atoms with van der Waals surface area (Å²) in [6.07, 6.45) is 1.01. The second-order valence-corrected chi connectivity index (χ2v) is 5.95. The van der Waals surface area contributed by atoms with Crippen LogP contribution < -0.4 is 5.32 Å². The molecule has 2 atom stereocenters. The van der Waals surface area contributed by atoms with E-state index in [9.17, 15) is 4.79 Å². The van der Waals surface area contributed by atoms with Gasteiger partial charge in [-0.2, -0.15) is 0 Å². The second kappa shape index (κ2) is 5.54. The number of hydrogen-bond donors (Lipinski definition) is 1. The molecular weight excluding hydrogens is 250 g/mol. The lowest BCUT2D eigenvalue weighted by molar-refractivity contribution is -0.136. The minimum atomic E-state index is -0.157. The molecule has 0 aromatic heterocycles. The molecule has 4 heteroatoms. The molecule has 1 amide bonds. The number of carbonyl (C=O) groups is 1. The highest BCUT2D eigenvalue weighted by atomic mass is 16.2. The first-order valence-electron chi connectivity index (χ1n) is 7.47. The number of hydrogen-bond acceptors (Lipinski definition) is 3. The zero-order valence-electron chi connectivity index (χ0n) is 12.3. The van der Waals surface area contributed by atoms with Crippen molar-refractivity contribution in [2.45, 2.75) is 25.4 Å². The molecule has 20 heavy (non-hydrogen) atoms. The van der Waals surface area contributed by atoms with Crippen LogP contribution in [0.15, 0.2) is 24.3 Å². The maximum Gasteiger partial charge on any atom is 0.244 e. The number of rotatable bonds is 1. The van der Waals surface area contributed by atoms with Crippen molar-refractivity contribution in [2.24, 2.45) is 0 Å². The second-order valence-electron chi connectivity index (χ2n) is 5.95. The van der Waals surface area contributed by atoms with Gasteiger partial charge in [-0.05, 0) is 31.5 Å². The van der Waals surface area contributed by atoms with E-state index in [1.165, 1.54) is 5.56 Å². The van der Waals surface area contributed by atoms with E-state index < -0.39 is 0 Å². The fourth-order valence-corrected chi connectivity index (χ4v) is 3.16. The van der Waals surface area contributed by atoms with E-state index in [1.54, 1.807) is 0 Å². The van der Waals surface area contributed by atoms with Crippen LogP contribution in [0.5, 0.6) is 0 Å². The van der Waals surface area contributed by atoms with Crippen LogP contribution >= 0.6 is 0 Å². The minimum absolute atomic E-state index is 0.157. The molecule has 0 bridgehead atoms. The van der Waals surface area contributed by atoms with Crippen LogP contribution in [0.1, 0.15) is 24.1 Å². The molecule has 1 saturated heterocycles. The van der Waals surface area contributed by atoms with Gasteiger partial charge in [0.15, 0.2) is 0 Å². The molecule has 4 nitrogen and oxygen atoms in total. The topological polar surface area (TPSA) is 35.6 Å². The van der Waals surface area contributed by atoms with Crippen LogP contribution in [0.4, 0.5) is 0 Å². The number of amides is 1. The van der Waals surface area contributed by atoms with E-state index in [4.69, 9.17) is 0 Å². The SMILES string of the molecule is CC1CN(C(=O)C2NCCc3ccccc32)CCN1C. The van der Waals surface area contributed by atoms with Crippen LogP contribution in [-0.2, 0) is 11.2 Å². The molecule has 2 heterocycles. The molecule has 0 saturated carbocycles. The first kappa shape index (κ1) is 13.6. The van der Waals surface area contributed by atoms with E-state index >= 15 is 0 Å². The number of benzene rings is 1. The Kier molecular flexibility index (Phi) is 3.76. The van der Waals surface area contributed by atoms with E-state index in [1.807, 2.05) is 11.0 Å². The molecule has 1 N–H and O–H groups in total. The Balaban J connectivity index is 1.78. The van der Waals surface area contributed by atoms with Gasteiger partial charge < -0.3 is 15.1 Å². The number of fused-ring (bicyclic) bond motifs is 1. The molecule has 108 valence electrons. The van der Waals surface area contributed by atoms with Crippen LogP contribution in [0.25, 0.3) is 0 Å². The maximum absolute atomic E-state index is 12.8. The van der Waals surface area contributed by atoms with Crippen molar-refractivity contribution in [1.29, 1.82) is 0 Å². The summed E-state index contributed by atoms with van der Waals surface area (Å²) in [5, 5.41) is 3.39. The normalized spacial score (nSPS) is 27.2. The molecule has 0 radical (unpaired) electrons. The van der Waals surface area contributed by atoms with Gasteiger partial charge >= 0.3 is 0 Å². The predicted octanol–water partition coefficient (Wildman–Crippen LogP) is 1.04. The zero-order chi connectivity index (χ0) is 14.1. The summed E-state index contributed by atoms with van der Waals surface area (Å²) in [5.41, 5.74) is 2.47. The monoisotopic (exact) mass is 273 g/mol. The van der Waals surface area contributed by atoms with Crippen LogP contribution in [0.3, 0.4) is 0 Å². The van der Waals surface area contributed by atoms with Gasteiger partial charge in [0.2, 0.25) is 5.91 Å². The Labute approximate surface area is 120 Å². The molecule has 0 spiro atoms. The predicted molar refractivity (Wildman–Crippen MR) is 79.6 cm³/mol. The summed E-state index contributed by atoms with van der Waals surface area (Å²) in [7, 11) is 2.13. The van der Waals surface area contributed by atoms with E-state index in [0.29, 0.717) is 6.04 Å². The van der Waals surface area contributed by atoms with Gasteiger partial charge in [0, 0.05) is 32.2 Å². The Hall–Kier alpha value is -1.39. The number of likely N-dealkylation sites (N-methyl/N-ethyl adjacent to an activating group) is 1. The molecule has 1 aromatic carbocycles.